The van der Waals surface area contributed by atoms with Crippen molar-refractivity contribution in [1.82, 2.24) is 10.6 Å². The van der Waals surface area contributed by atoms with E-state index >= 15 is 0 Å². The molecule has 0 aliphatic rings. The van der Waals surface area contributed by atoms with Crippen molar-refractivity contribution in [2.45, 2.75) is 46.2 Å². The number of hydrogen-bond acceptors (Lipinski definition) is 4. The summed E-state index contributed by atoms with van der Waals surface area (Å²) in [5.41, 5.74) is 0. The molecule has 0 aliphatic heterocycles. The topological polar surface area (TPSA) is 105 Å². The fraction of sp³-hybridized carbons (Fsp3) is 0.750. The Kier molecular flexibility index (Phi) is 7.55. The molecule has 0 bridgehead atoms. The van der Waals surface area contributed by atoms with Crippen molar-refractivity contribution in [2.75, 3.05) is 6.61 Å². The maximum Gasteiger partial charge on any atom is 0.328 e. The number of carboxylic acid groups (broad SMARTS) is 1. The van der Waals surface area contributed by atoms with E-state index < -0.39 is 30.1 Å². The molecule has 7 heteroatoms. The standard InChI is InChI=1S/C12H22N2O5/c1-5-19-11(17)8(4)13-12(18)14-9(7(2)3)6-10(15)16/h7-9H,5-6H2,1-4H3,(H,15,16)(H2,13,14,18). The van der Waals surface area contributed by atoms with Crippen LogP contribution in [-0.2, 0) is 14.3 Å². The van der Waals surface area contributed by atoms with Gasteiger partial charge in [0.2, 0.25) is 0 Å². The van der Waals surface area contributed by atoms with Gasteiger partial charge in [0.05, 0.1) is 13.0 Å². The lowest BCUT2D eigenvalue weighted by Gasteiger charge is -2.22. The van der Waals surface area contributed by atoms with Crippen molar-refractivity contribution >= 4 is 18.0 Å². The van der Waals surface area contributed by atoms with Gasteiger partial charge in [0, 0.05) is 6.04 Å². The summed E-state index contributed by atoms with van der Waals surface area (Å²) in [6, 6.07) is -1.86. The first kappa shape index (κ1) is 17.2. The normalized spacial score (nSPS) is 13.5. The van der Waals surface area contributed by atoms with Crippen LogP contribution >= 0.6 is 0 Å². The zero-order valence-electron chi connectivity index (χ0n) is 11.7. The van der Waals surface area contributed by atoms with Crippen LogP contribution < -0.4 is 10.6 Å². The number of carbonyl (C=O) groups is 3. The average molecular weight is 274 g/mol. The number of hydrogen-bond donors (Lipinski definition) is 3. The molecule has 0 aromatic heterocycles. The third-order valence-corrected chi connectivity index (χ3v) is 2.50. The van der Waals surface area contributed by atoms with E-state index in [9.17, 15) is 14.4 Å². The fourth-order valence-electron chi connectivity index (χ4n) is 1.37. The number of carboxylic acids is 1. The maximum atomic E-state index is 11.6. The number of ether oxygens (including phenoxy) is 1. The van der Waals surface area contributed by atoms with Crippen LogP contribution in [0.3, 0.4) is 0 Å². The molecule has 2 atom stereocenters. The number of esters is 1. The number of rotatable bonds is 7. The van der Waals surface area contributed by atoms with Crippen molar-refractivity contribution in [1.29, 1.82) is 0 Å². The summed E-state index contributed by atoms with van der Waals surface area (Å²) in [6.45, 7) is 7.02. The zero-order chi connectivity index (χ0) is 15.0. The molecule has 3 N–H and O–H groups in total. The van der Waals surface area contributed by atoms with Crippen LogP contribution in [0.1, 0.15) is 34.1 Å². The monoisotopic (exact) mass is 274 g/mol. The van der Waals surface area contributed by atoms with Crippen molar-refractivity contribution in [3.8, 4) is 0 Å². The Bertz CT molecular complexity index is 330. The van der Waals surface area contributed by atoms with Crippen LogP contribution in [0, 0.1) is 5.92 Å². The van der Waals surface area contributed by atoms with E-state index in [2.05, 4.69) is 10.6 Å². The lowest BCUT2D eigenvalue weighted by atomic mass is 10.0. The molecule has 0 fully saturated rings. The Labute approximate surface area is 112 Å². The average Bonchev–Trinajstić information content (AvgIpc) is 2.27. The Balaban J connectivity index is 4.33. The van der Waals surface area contributed by atoms with Gasteiger partial charge in [-0.3, -0.25) is 4.79 Å². The lowest BCUT2D eigenvalue weighted by Crippen LogP contribution is -2.50. The molecule has 110 valence electrons. The van der Waals surface area contributed by atoms with Crippen molar-refractivity contribution in [2.24, 2.45) is 5.92 Å². The van der Waals surface area contributed by atoms with E-state index in [1.54, 1.807) is 6.92 Å². The molecule has 0 aromatic carbocycles. The summed E-state index contributed by atoms with van der Waals surface area (Å²) in [5.74, 6) is -1.55. The minimum atomic E-state index is -0.988. The quantitative estimate of drug-likeness (QED) is 0.594. The number of nitrogens with one attached hydrogen (secondary N) is 2. The molecule has 2 amide bonds. The molecule has 0 rings (SSSR count). The highest BCUT2D eigenvalue weighted by molar-refractivity contribution is 5.83. The molecule has 0 aromatic rings. The third-order valence-electron chi connectivity index (χ3n) is 2.50. The molecule has 19 heavy (non-hydrogen) atoms. The number of aliphatic carboxylic acids is 1. The second-order valence-electron chi connectivity index (χ2n) is 4.54. The summed E-state index contributed by atoms with van der Waals surface area (Å²) < 4.78 is 4.75. The Morgan fingerprint density at radius 3 is 2.16 bits per heavy atom. The lowest BCUT2D eigenvalue weighted by molar-refractivity contribution is -0.145. The first-order chi connectivity index (χ1) is 8.77. The van der Waals surface area contributed by atoms with E-state index in [-0.39, 0.29) is 18.9 Å². The summed E-state index contributed by atoms with van der Waals surface area (Å²) in [6.07, 6.45) is -0.168. The SMILES string of the molecule is CCOC(=O)C(C)NC(=O)NC(CC(=O)O)C(C)C. The highest BCUT2D eigenvalue weighted by Crippen LogP contribution is 2.06. The third kappa shape index (κ3) is 7.28. The van der Waals surface area contributed by atoms with E-state index in [1.165, 1.54) is 6.92 Å². The Hall–Kier alpha value is -1.79. The maximum absolute atomic E-state index is 11.6. The van der Waals surface area contributed by atoms with E-state index in [0.717, 1.165) is 0 Å². The Morgan fingerprint density at radius 2 is 1.74 bits per heavy atom. The number of amides is 2. The number of carbonyl (C=O) groups excluding carboxylic acids is 2. The van der Waals surface area contributed by atoms with Gasteiger partial charge in [-0.05, 0) is 19.8 Å². The van der Waals surface area contributed by atoms with Gasteiger partial charge >= 0.3 is 18.0 Å². The fourth-order valence-corrected chi connectivity index (χ4v) is 1.37. The second kappa shape index (κ2) is 8.34. The molecule has 0 spiro atoms. The van der Waals surface area contributed by atoms with Crippen LogP contribution in [0.15, 0.2) is 0 Å². The predicted octanol–water partition coefficient (Wildman–Crippen LogP) is 0.737. The zero-order valence-corrected chi connectivity index (χ0v) is 11.7. The van der Waals surface area contributed by atoms with Crippen molar-refractivity contribution in [3.63, 3.8) is 0 Å². The van der Waals surface area contributed by atoms with E-state index in [4.69, 9.17) is 9.84 Å². The van der Waals surface area contributed by atoms with Gasteiger partial charge in [0.1, 0.15) is 6.04 Å². The Morgan fingerprint density at radius 1 is 1.16 bits per heavy atom. The number of urea groups is 1. The summed E-state index contributed by atoms with van der Waals surface area (Å²) >= 11 is 0. The van der Waals surface area contributed by atoms with Crippen LogP contribution in [0.25, 0.3) is 0 Å². The predicted molar refractivity (Wildman–Crippen MR) is 68.6 cm³/mol. The summed E-state index contributed by atoms with van der Waals surface area (Å²) in [7, 11) is 0. The molecular formula is C12H22N2O5. The molecule has 0 heterocycles. The van der Waals surface area contributed by atoms with Gasteiger partial charge in [-0.2, -0.15) is 0 Å². The largest absolute Gasteiger partial charge is 0.481 e. The van der Waals surface area contributed by atoms with Gasteiger partial charge in [-0.1, -0.05) is 13.8 Å². The van der Waals surface area contributed by atoms with Gasteiger partial charge in [-0.25, -0.2) is 9.59 Å². The van der Waals surface area contributed by atoms with Gasteiger partial charge in [0.25, 0.3) is 0 Å². The minimum absolute atomic E-state index is 0.0280. The van der Waals surface area contributed by atoms with E-state index in [1.807, 2.05) is 13.8 Å². The molecule has 0 saturated heterocycles. The molecular weight excluding hydrogens is 252 g/mol. The highest BCUT2D eigenvalue weighted by atomic mass is 16.5. The van der Waals surface area contributed by atoms with Gasteiger partial charge < -0.3 is 20.5 Å². The molecule has 2 unspecified atom stereocenters. The second-order valence-corrected chi connectivity index (χ2v) is 4.54. The van der Waals surface area contributed by atoms with Crippen LogP contribution in [0.4, 0.5) is 4.79 Å². The molecule has 0 saturated carbocycles. The van der Waals surface area contributed by atoms with Crippen molar-refractivity contribution < 1.29 is 24.2 Å². The first-order valence-corrected chi connectivity index (χ1v) is 6.23. The molecule has 0 aliphatic carbocycles. The van der Waals surface area contributed by atoms with Crippen LogP contribution in [0.2, 0.25) is 0 Å². The van der Waals surface area contributed by atoms with Crippen molar-refractivity contribution in [3.05, 3.63) is 0 Å². The summed E-state index contributed by atoms with van der Waals surface area (Å²) in [4.78, 5) is 33.6. The highest BCUT2D eigenvalue weighted by Gasteiger charge is 2.22. The van der Waals surface area contributed by atoms with E-state index in [0.29, 0.717) is 0 Å². The van der Waals surface area contributed by atoms with Gasteiger partial charge in [-0.15, -0.1) is 0 Å². The minimum Gasteiger partial charge on any atom is -0.481 e. The molecule has 7 nitrogen and oxygen atoms in total. The first-order valence-electron chi connectivity index (χ1n) is 6.23. The smallest absolute Gasteiger partial charge is 0.328 e. The van der Waals surface area contributed by atoms with Crippen LogP contribution in [0.5, 0.6) is 0 Å². The van der Waals surface area contributed by atoms with Crippen LogP contribution in [-0.4, -0.2) is 41.8 Å². The summed E-state index contributed by atoms with van der Waals surface area (Å²) in [5, 5.41) is 13.7. The molecule has 0 radical (unpaired) electrons. The van der Waals surface area contributed by atoms with Gasteiger partial charge in [0.15, 0.2) is 0 Å².